The molecule has 0 fully saturated rings. The topological polar surface area (TPSA) is 52.3 Å². The van der Waals surface area contributed by atoms with Crippen molar-refractivity contribution in [2.75, 3.05) is 0 Å². The lowest BCUT2D eigenvalue weighted by atomic mass is 10.1. The smallest absolute Gasteiger partial charge is 0.248 e. The lowest BCUT2D eigenvalue weighted by Crippen LogP contribution is -2.11. The molecule has 4 heteroatoms. The van der Waals surface area contributed by atoms with Gasteiger partial charge in [0.05, 0.1) is 3.57 Å². The Labute approximate surface area is 142 Å². The van der Waals surface area contributed by atoms with Crippen molar-refractivity contribution in [1.82, 2.24) is 0 Å². The average molecular weight is 403 g/mol. The van der Waals surface area contributed by atoms with Crippen LogP contribution in [0.15, 0.2) is 60.7 Å². The Morgan fingerprint density at radius 1 is 1.05 bits per heavy atom. The third kappa shape index (κ3) is 3.06. The number of carbonyl (C=O) groups is 1. The number of nitrogens with two attached hydrogens (primary N) is 1. The van der Waals surface area contributed by atoms with E-state index < -0.39 is 5.91 Å². The second-order valence-corrected chi connectivity index (χ2v) is 6.10. The molecule has 0 saturated heterocycles. The molecule has 0 unspecified atom stereocenters. The summed E-state index contributed by atoms with van der Waals surface area (Å²) in [5, 5.41) is 2.39. The highest BCUT2D eigenvalue weighted by Crippen LogP contribution is 2.25. The maximum absolute atomic E-state index is 11.2. The van der Waals surface area contributed by atoms with Crippen molar-refractivity contribution >= 4 is 39.3 Å². The largest absolute Gasteiger partial charge is 0.488 e. The summed E-state index contributed by atoms with van der Waals surface area (Å²) in [7, 11) is 0. The number of carbonyl (C=O) groups excluding carboxylic acids is 1. The molecule has 3 aromatic rings. The van der Waals surface area contributed by atoms with Crippen LogP contribution >= 0.6 is 22.6 Å². The molecule has 0 saturated carbocycles. The van der Waals surface area contributed by atoms with Crippen molar-refractivity contribution in [2.24, 2.45) is 5.73 Å². The minimum atomic E-state index is -0.432. The van der Waals surface area contributed by atoms with Gasteiger partial charge >= 0.3 is 0 Å². The van der Waals surface area contributed by atoms with Gasteiger partial charge in [0.1, 0.15) is 12.4 Å². The summed E-state index contributed by atoms with van der Waals surface area (Å²) in [5.41, 5.74) is 6.90. The van der Waals surface area contributed by atoms with Gasteiger partial charge in [0.2, 0.25) is 5.91 Å². The first-order chi connectivity index (χ1) is 10.6. The number of halogens is 1. The third-order valence-corrected chi connectivity index (χ3v) is 4.32. The molecule has 0 atom stereocenters. The quantitative estimate of drug-likeness (QED) is 0.667. The number of hydrogen-bond donors (Lipinski definition) is 1. The van der Waals surface area contributed by atoms with Crippen LogP contribution in [0.5, 0.6) is 5.75 Å². The highest BCUT2D eigenvalue weighted by Gasteiger charge is 2.07. The average Bonchev–Trinajstić information content (AvgIpc) is 2.53. The van der Waals surface area contributed by atoms with Crippen LogP contribution in [0.1, 0.15) is 15.9 Å². The van der Waals surface area contributed by atoms with Crippen LogP contribution in [0, 0.1) is 3.57 Å². The monoisotopic (exact) mass is 403 g/mol. The molecule has 3 nitrogen and oxygen atoms in total. The van der Waals surface area contributed by atoms with Crippen LogP contribution in [-0.4, -0.2) is 5.91 Å². The molecule has 2 N–H and O–H groups in total. The molecule has 1 amide bonds. The molecule has 0 aliphatic heterocycles. The Balaban J connectivity index is 1.84. The van der Waals surface area contributed by atoms with E-state index in [1.807, 2.05) is 18.2 Å². The van der Waals surface area contributed by atoms with E-state index in [0.29, 0.717) is 12.2 Å². The zero-order valence-corrected chi connectivity index (χ0v) is 13.9. The molecule has 22 heavy (non-hydrogen) atoms. The summed E-state index contributed by atoms with van der Waals surface area (Å²) in [6.45, 7) is 0.479. The van der Waals surface area contributed by atoms with Crippen molar-refractivity contribution < 1.29 is 9.53 Å². The Morgan fingerprint density at radius 2 is 1.82 bits per heavy atom. The van der Waals surface area contributed by atoms with E-state index in [2.05, 4.69) is 46.9 Å². The molecule has 110 valence electrons. The van der Waals surface area contributed by atoms with E-state index in [1.54, 1.807) is 18.2 Å². The van der Waals surface area contributed by atoms with Gasteiger partial charge in [-0.25, -0.2) is 0 Å². The number of fused-ring (bicyclic) bond motifs is 1. The standard InChI is InChI=1S/C18H14INO2/c19-16-10-13(18(20)21)8-9-17(16)22-11-14-6-3-5-12-4-1-2-7-15(12)14/h1-10H,11H2,(H2,20,21). The maximum atomic E-state index is 11.2. The van der Waals surface area contributed by atoms with E-state index in [4.69, 9.17) is 10.5 Å². The molecule has 0 bridgehead atoms. The summed E-state index contributed by atoms with van der Waals surface area (Å²) in [5.74, 6) is 0.317. The van der Waals surface area contributed by atoms with Crippen LogP contribution in [0.2, 0.25) is 0 Å². The van der Waals surface area contributed by atoms with E-state index in [1.165, 1.54) is 10.8 Å². The minimum Gasteiger partial charge on any atom is -0.488 e. The molecule has 0 aliphatic rings. The second kappa shape index (κ2) is 6.36. The van der Waals surface area contributed by atoms with Crippen LogP contribution in [0.4, 0.5) is 0 Å². The summed E-state index contributed by atoms with van der Waals surface area (Å²) < 4.78 is 6.78. The van der Waals surface area contributed by atoms with Crippen LogP contribution in [0.25, 0.3) is 10.8 Å². The van der Waals surface area contributed by atoms with E-state index >= 15 is 0 Å². The van der Waals surface area contributed by atoms with Gasteiger partial charge < -0.3 is 10.5 Å². The maximum Gasteiger partial charge on any atom is 0.248 e. The van der Waals surface area contributed by atoms with Crippen LogP contribution < -0.4 is 10.5 Å². The zero-order chi connectivity index (χ0) is 15.5. The number of hydrogen-bond acceptors (Lipinski definition) is 2. The zero-order valence-electron chi connectivity index (χ0n) is 11.8. The molecule has 0 aliphatic carbocycles. The predicted octanol–water partition coefficient (Wildman–Crippen LogP) is 4.12. The van der Waals surface area contributed by atoms with Crippen molar-refractivity contribution in [3.8, 4) is 5.75 Å². The molecule has 0 heterocycles. The Bertz CT molecular complexity index is 840. The van der Waals surface area contributed by atoms with E-state index in [0.717, 1.165) is 14.9 Å². The highest BCUT2D eigenvalue weighted by molar-refractivity contribution is 14.1. The lowest BCUT2D eigenvalue weighted by molar-refractivity contribution is 0.1000. The SMILES string of the molecule is NC(=O)c1ccc(OCc2cccc3ccccc23)c(I)c1. The first-order valence-corrected chi connectivity index (χ1v) is 7.92. The van der Waals surface area contributed by atoms with Crippen molar-refractivity contribution in [3.63, 3.8) is 0 Å². The van der Waals surface area contributed by atoms with Crippen molar-refractivity contribution in [1.29, 1.82) is 0 Å². The number of amides is 1. The predicted molar refractivity (Wildman–Crippen MR) is 96.0 cm³/mol. The number of benzene rings is 3. The third-order valence-electron chi connectivity index (χ3n) is 3.48. The van der Waals surface area contributed by atoms with Crippen molar-refractivity contribution in [2.45, 2.75) is 6.61 Å². The molecule has 0 radical (unpaired) electrons. The van der Waals surface area contributed by atoms with Gasteiger partial charge in [0.25, 0.3) is 0 Å². The van der Waals surface area contributed by atoms with Gasteiger partial charge in [-0.05, 0) is 57.1 Å². The number of rotatable bonds is 4. The van der Waals surface area contributed by atoms with Gasteiger partial charge in [0, 0.05) is 5.56 Å². The molecule has 3 rings (SSSR count). The van der Waals surface area contributed by atoms with Crippen LogP contribution in [0.3, 0.4) is 0 Å². The first kappa shape index (κ1) is 14.8. The number of ether oxygens (including phenoxy) is 1. The van der Waals surface area contributed by atoms with Gasteiger partial charge in [-0.15, -0.1) is 0 Å². The number of primary amides is 1. The lowest BCUT2D eigenvalue weighted by Gasteiger charge is -2.11. The minimum absolute atomic E-state index is 0.432. The summed E-state index contributed by atoms with van der Waals surface area (Å²) >= 11 is 2.15. The van der Waals surface area contributed by atoms with Gasteiger partial charge in [-0.1, -0.05) is 42.5 Å². The van der Waals surface area contributed by atoms with Gasteiger partial charge in [-0.2, -0.15) is 0 Å². The Morgan fingerprint density at radius 3 is 2.59 bits per heavy atom. The molecular weight excluding hydrogens is 389 g/mol. The van der Waals surface area contributed by atoms with E-state index in [-0.39, 0.29) is 0 Å². The van der Waals surface area contributed by atoms with Crippen molar-refractivity contribution in [3.05, 3.63) is 75.4 Å². The fourth-order valence-electron chi connectivity index (χ4n) is 2.35. The first-order valence-electron chi connectivity index (χ1n) is 6.84. The Kier molecular flexibility index (Phi) is 4.29. The summed E-state index contributed by atoms with van der Waals surface area (Å²) in [4.78, 5) is 11.2. The molecule has 0 aromatic heterocycles. The molecule has 3 aromatic carbocycles. The normalized spacial score (nSPS) is 10.6. The second-order valence-electron chi connectivity index (χ2n) is 4.94. The van der Waals surface area contributed by atoms with E-state index in [9.17, 15) is 4.79 Å². The molecule has 0 spiro atoms. The van der Waals surface area contributed by atoms with Gasteiger partial charge in [0.15, 0.2) is 0 Å². The fourth-order valence-corrected chi connectivity index (χ4v) is 3.02. The summed E-state index contributed by atoms with van der Waals surface area (Å²) in [6, 6.07) is 19.6. The fraction of sp³-hybridized carbons (Fsp3) is 0.0556. The van der Waals surface area contributed by atoms with Gasteiger partial charge in [-0.3, -0.25) is 4.79 Å². The Hall–Kier alpha value is -2.08. The molecular formula is C18H14INO2. The highest BCUT2D eigenvalue weighted by atomic mass is 127. The summed E-state index contributed by atoms with van der Waals surface area (Å²) in [6.07, 6.45) is 0. The van der Waals surface area contributed by atoms with Crippen LogP contribution in [-0.2, 0) is 6.61 Å².